The maximum absolute atomic E-state index is 12.7. The summed E-state index contributed by atoms with van der Waals surface area (Å²) in [5.74, 6) is 1.05. The normalized spacial score (nSPS) is 27.3. The van der Waals surface area contributed by atoms with Gasteiger partial charge in [0.2, 0.25) is 0 Å². The molecule has 3 atom stereocenters. The number of rotatable bonds is 2. The van der Waals surface area contributed by atoms with Crippen molar-refractivity contribution in [3.05, 3.63) is 35.4 Å². The lowest BCUT2D eigenvalue weighted by molar-refractivity contribution is 0.0951. The largest absolute Gasteiger partial charge is 0.493 e. The van der Waals surface area contributed by atoms with Crippen LogP contribution in [0.25, 0.3) is 0 Å². The third-order valence-electron chi connectivity index (χ3n) is 5.87. The second-order valence-corrected chi connectivity index (χ2v) is 8.01. The Hall–Kier alpha value is -2.09. The predicted octanol–water partition coefficient (Wildman–Crippen LogP) is 1.69. The number of ether oxygens (including phenoxy) is 2. The van der Waals surface area contributed by atoms with Crippen LogP contribution >= 0.6 is 0 Å². The van der Waals surface area contributed by atoms with Crippen LogP contribution in [0.1, 0.15) is 35.2 Å². The predicted molar refractivity (Wildman–Crippen MR) is 117 cm³/mol. The Morgan fingerprint density at radius 3 is 2.47 bits per heavy atom. The van der Waals surface area contributed by atoms with E-state index >= 15 is 0 Å². The molecule has 0 saturated carbocycles. The molecule has 2 aliphatic heterocycles. The maximum atomic E-state index is 12.7. The van der Waals surface area contributed by atoms with Gasteiger partial charge in [-0.05, 0) is 57.5 Å². The van der Waals surface area contributed by atoms with Gasteiger partial charge in [0.05, 0.1) is 20.3 Å². The molecule has 1 amide bonds. The second kappa shape index (κ2) is 11.3. The molecule has 7 nitrogen and oxygen atoms in total. The summed E-state index contributed by atoms with van der Waals surface area (Å²) < 4.78 is 11.0. The first kappa shape index (κ1) is 22.6. The molecule has 0 aromatic heterocycles. The number of methoxy groups -OCH3 is 2. The van der Waals surface area contributed by atoms with Crippen molar-refractivity contribution in [3.63, 3.8) is 0 Å². The monoisotopic (exact) mass is 417 g/mol. The average molecular weight is 418 g/mol. The van der Waals surface area contributed by atoms with Gasteiger partial charge in [0.15, 0.2) is 11.5 Å². The van der Waals surface area contributed by atoms with Crippen LogP contribution in [-0.4, -0.2) is 87.0 Å². The lowest BCUT2D eigenvalue weighted by Gasteiger charge is -2.22. The number of amides is 1. The van der Waals surface area contributed by atoms with Crippen LogP contribution in [0, 0.1) is 0 Å². The number of allylic oxidation sites excluding steroid dienone is 1. The van der Waals surface area contributed by atoms with E-state index in [1.165, 1.54) is 0 Å². The van der Waals surface area contributed by atoms with E-state index in [4.69, 9.17) is 9.47 Å². The third-order valence-corrected chi connectivity index (χ3v) is 5.87. The number of aliphatic hydroxyl groups excluding tert-OH is 1. The number of nitrogens with zero attached hydrogens (tertiary/aromatic N) is 2. The van der Waals surface area contributed by atoms with E-state index in [1.54, 1.807) is 20.3 Å². The fraction of sp³-hybridized carbons (Fsp3) is 0.609. The Morgan fingerprint density at radius 2 is 1.73 bits per heavy atom. The Kier molecular flexibility index (Phi) is 8.54. The highest BCUT2D eigenvalue weighted by atomic mass is 16.5. The van der Waals surface area contributed by atoms with Crippen molar-refractivity contribution >= 4 is 5.91 Å². The Balaban J connectivity index is 1.81. The second-order valence-electron chi connectivity index (χ2n) is 8.01. The van der Waals surface area contributed by atoms with E-state index in [1.807, 2.05) is 18.2 Å². The zero-order valence-corrected chi connectivity index (χ0v) is 18.2. The molecule has 0 spiro atoms. The summed E-state index contributed by atoms with van der Waals surface area (Å²) in [6.07, 6.45) is 6.64. The zero-order valence-electron chi connectivity index (χ0n) is 18.2. The van der Waals surface area contributed by atoms with Crippen LogP contribution in [0.2, 0.25) is 0 Å². The van der Waals surface area contributed by atoms with E-state index in [2.05, 4.69) is 15.1 Å². The van der Waals surface area contributed by atoms with E-state index < -0.39 is 6.10 Å². The van der Waals surface area contributed by atoms with Crippen molar-refractivity contribution in [1.82, 2.24) is 15.1 Å². The number of carbonyl (C=O) groups excluding carboxylic acids is 1. The first-order chi connectivity index (χ1) is 14.6. The number of aliphatic hydroxyl groups is 1. The van der Waals surface area contributed by atoms with Crippen LogP contribution in [0.4, 0.5) is 0 Å². The SMILES string of the molecule is COc1cc2cc(c1OC)C/C=C\[C@@H](O)CCN1CCCN(CCCNC2=O)CC1. The average Bonchev–Trinajstić information content (AvgIpc) is 2.99. The van der Waals surface area contributed by atoms with Gasteiger partial charge in [0.25, 0.3) is 5.91 Å². The molecule has 0 aliphatic carbocycles. The number of hydrogen-bond acceptors (Lipinski definition) is 6. The number of nitrogens with one attached hydrogen (secondary N) is 1. The fourth-order valence-electron chi connectivity index (χ4n) is 4.17. The number of benzene rings is 1. The van der Waals surface area contributed by atoms with Gasteiger partial charge in [-0.25, -0.2) is 0 Å². The molecule has 2 aliphatic rings. The van der Waals surface area contributed by atoms with Crippen LogP contribution < -0.4 is 14.8 Å². The first-order valence-electron chi connectivity index (χ1n) is 10.9. The smallest absolute Gasteiger partial charge is 0.251 e. The van der Waals surface area contributed by atoms with Crippen molar-refractivity contribution in [1.29, 1.82) is 0 Å². The minimum Gasteiger partial charge on any atom is -0.493 e. The van der Waals surface area contributed by atoms with Crippen LogP contribution in [-0.2, 0) is 6.42 Å². The van der Waals surface area contributed by atoms with Gasteiger partial charge in [0.1, 0.15) is 0 Å². The summed E-state index contributed by atoms with van der Waals surface area (Å²) in [6.45, 7) is 6.77. The van der Waals surface area contributed by atoms with Gasteiger partial charge in [-0.15, -0.1) is 0 Å². The Labute approximate surface area is 179 Å². The summed E-state index contributed by atoms with van der Waals surface area (Å²) >= 11 is 0. The van der Waals surface area contributed by atoms with Crippen molar-refractivity contribution < 1.29 is 19.4 Å². The quantitative estimate of drug-likeness (QED) is 0.714. The standard InChI is InChI=1S/C23H35N3O4/c1-29-21-17-19-16-18(22(21)30-2)6-3-7-20(27)8-13-26-12-5-11-25(14-15-26)10-4-9-24-23(19)28/h3,7,16-17,20,27H,4-6,8-15H2,1-2H3,(H,24,28)/b7-3-/t20-/m1/s1. The van der Waals surface area contributed by atoms with E-state index in [0.717, 1.165) is 64.1 Å². The highest BCUT2D eigenvalue weighted by molar-refractivity contribution is 5.95. The van der Waals surface area contributed by atoms with Crippen molar-refractivity contribution in [2.45, 2.75) is 31.8 Å². The molecule has 2 N–H and O–H groups in total. The third kappa shape index (κ3) is 6.20. The van der Waals surface area contributed by atoms with Crippen molar-refractivity contribution in [2.75, 3.05) is 60.0 Å². The molecule has 2 heterocycles. The van der Waals surface area contributed by atoms with Crippen molar-refractivity contribution in [2.24, 2.45) is 0 Å². The topological polar surface area (TPSA) is 74.3 Å². The fourth-order valence-corrected chi connectivity index (χ4v) is 4.17. The van der Waals surface area contributed by atoms with Crippen molar-refractivity contribution in [3.8, 4) is 11.5 Å². The molecular formula is C23H35N3O4. The molecule has 0 radical (unpaired) electrons. The molecule has 1 aromatic rings. The number of fused-ring (bicyclic) bond motifs is 5. The molecule has 1 fully saturated rings. The lowest BCUT2D eigenvalue weighted by Crippen LogP contribution is -2.34. The lowest BCUT2D eigenvalue weighted by atomic mass is 10.0. The van der Waals surface area contributed by atoms with Gasteiger partial charge in [-0.2, -0.15) is 0 Å². The highest BCUT2D eigenvalue weighted by Crippen LogP contribution is 2.33. The minimum absolute atomic E-state index is 0.107. The molecule has 3 rings (SSSR count). The Bertz CT molecular complexity index is 737. The van der Waals surface area contributed by atoms with Crippen LogP contribution in [0.3, 0.4) is 0 Å². The number of hydrogen-bond donors (Lipinski definition) is 2. The van der Waals surface area contributed by atoms with Crippen LogP contribution in [0.5, 0.6) is 11.5 Å². The van der Waals surface area contributed by atoms with Gasteiger partial charge in [-0.1, -0.05) is 12.2 Å². The summed E-state index contributed by atoms with van der Waals surface area (Å²) in [7, 11) is 3.17. The molecule has 1 aromatic carbocycles. The molecule has 7 heteroatoms. The molecule has 166 valence electrons. The minimum atomic E-state index is -0.484. The molecular weight excluding hydrogens is 382 g/mol. The van der Waals surface area contributed by atoms with Crippen LogP contribution in [0.15, 0.2) is 24.3 Å². The van der Waals surface area contributed by atoms with E-state index in [0.29, 0.717) is 30.0 Å². The summed E-state index contributed by atoms with van der Waals surface area (Å²) in [4.78, 5) is 17.6. The number of carbonyl (C=O) groups is 1. The molecule has 30 heavy (non-hydrogen) atoms. The highest BCUT2D eigenvalue weighted by Gasteiger charge is 2.18. The molecule has 2 unspecified atom stereocenters. The summed E-state index contributed by atoms with van der Waals surface area (Å²) in [6, 6.07) is 3.57. The van der Waals surface area contributed by atoms with Gasteiger partial charge < -0.3 is 29.7 Å². The summed E-state index contributed by atoms with van der Waals surface area (Å²) in [5.41, 5.74) is 1.42. The van der Waals surface area contributed by atoms with E-state index in [9.17, 15) is 9.90 Å². The molecule has 4 bridgehead atoms. The van der Waals surface area contributed by atoms with Gasteiger partial charge in [-0.3, -0.25) is 4.79 Å². The Morgan fingerprint density at radius 1 is 1.00 bits per heavy atom. The van der Waals surface area contributed by atoms with Gasteiger partial charge >= 0.3 is 0 Å². The van der Waals surface area contributed by atoms with Gasteiger partial charge in [0, 0.05) is 37.3 Å². The first-order valence-corrected chi connectivity index (χ1v) is 10.9. The molecule has 1 saturated heterocycles. The zero-order chi connectivity index (χ0) is 21.3. The maximum Gasteiger partial charge on any atom is 0.251 e. The summed E-state index contributed by atoms with van der Waals surface area (Å²) in [5, 5.41) is 13.4. The van der Waals surface area contributed by atoms with E-state index in [-0.39, 0.29) is 5.91 Å².